The number of methoxy groups -OCH3 is 1. The highest BCUT2D eigenvalue weighted by Crippen LogP contribution is 2.18. The van der Waals surface area contributed by atoms with Crippen molar-refractivity contribution in [2.24, 2.45) is 5.92 Å². The topological polar surface area (TPSA) is 53.6 Å². The molecule has 5 heteroatoms. The zero-order valence-corrected chi connectivity index (χ0v) is 13.4. The number of urea groups is 1. The van der Waals surface area contributed by atoms with E-state index in [9.17, 15) is 4.79 Å². The third kappa shape index (κ3) is 6.03. The Labute approximate surface area is 133 Å². The SMILES string of the molecule is COCCNC(=O)NCC1CCN(Cc2ccccc2)CC1. The van der Waals surface area contributed by atoms with Crippen LogP contribution in [-0.2, 0) is 11.3 Å². The highest BCUT2D eigenvalue weighted by molar-refractivity contribution is 5.73. The van der Waals surface area contributed by atoms with Gasteiger partial charge in [-0.15, -0.1) is 0 Å². The lowest BCUT2D eigenvalue weighted by atomic mass is 9.96. The van der Waals surface area contributed by atoms with Gasteiger partial charge in [-0.1, -0.05) is 30.3 Å². The Kier molecular flexibility index (Phi) is 7.19. The number of ether oxygens (including phenoxy) is 1. The van der Waals surface area contributed by atoms with Gasteiger partial charge in [-0.3, -0.25) is 4.90 Å². The van der Waals surface area contributed by atoms with Crippen molar-refractivity contribution < 1.29 is 9.53 Å². The van der Waals surface area contributed by atoms with E-state index < -0.39 is 0 Å². The predicted molar refractivity (Wildman–Crippen MR) is 87.7 cm³/mol. The highest BCUT2D eigenvalue weighted by atomic mass is 16.5. The molecule has 1 aromatic carbocycles. The molecule has 0 aromatic heterocycles. The number of carbonyl (C=O) groups excluding carboxylic acids is 1. The molecule has 2 amide bonds. The van der Waals surface area contributed by atoms with E-state index in [2.05, 4.69) is 45.9 Å². The molecular weight excluding hydrogens is 278 g/mol. The Bertz CT molecular complexity index is 431. The van der Waals surface area contributed by atoms with E-state index >= 15 is 0 Å². The Morgan fingerprint density at radius 2 is 1.95 bits per heavy atom. The predicted octanol–water partition coefficient (Wildman–Crippen LogP) is 1.84. The number of nitrogens with zero attached hydrogens (tertiary/aromatic N) is 1. The molecule has 1 aliphatic heterocycles. The van der Waals surface area contributed by atoms with Crippen LogP contribution >= 0.6 is 0 Å². The number of rotatable bonds is 7. The average Bonchev–Trinajstić information content (AvgIpc) is 2.55. The third-order valence-electron chi connectivity index (χ3n) is 4.10. The molecule has 1 fully saturated rings. The van der Waals surface area contributed by atoms with E-state index in [-0.39, 0.29) is 6.03 Å². The van der Waals surface area contributed by atoms with E-state index in [1.807, 2.05) is 0 Å². The van der Waals surface area contributed by atoms with Crippen LogP contribution in [0.5, 0.6) is 0 Å². The lowest BCUT2D eigenvalue weighted by Crippen LogP contribution is -2.42. The van der Waals surface area contributed by atoms with Crippen LogP contribution < -0.4 is 10.6 Å². The maximum absolute atomic E-state index is 11.6. The molecule has 0 saturated carbocycles. The van der Waals surface area contributed by atoms with Gasteiger partial charge in [-0.2, -0.15) is 0 Å². The first-order valence-corrected chi connectivity index (χ1v) is 8.05. The normalized spacial score (nSPS) is 16.4. The maximum Gasteiger partial charge on any atom is 0.314 e. The number of piperidine rings is 1. The van der Waals surface area contributed by atoms with E-state index in [0.717, 1.165) is 39.0 Å². The molecule has 1 saturated heterocycles. The number of hydrogen-bond acceptors (Lipinski definition) is 3. The minimum Gasteiger partial charge on any atom is -0.383 e. The number of hydrogen-bond donors (Lipinski definition) is 2. The molecule has 1 heterocycles. The van der Waals surface area contributed by atoms with Crippen LogP contribution in [0.3, 0.4) is 0 Å². The van der Waals surface area contributed by atoms with Crippen molar-refractivity contribution in [3.63, 3.8) is 0 Å². The molecule has 2 N–H and O–H groups in total. The van der Waals surface area contributed by atoms with Gasteiger partial charge in [-0.25, -0.2) is 4.79 Å². The lowest BCUT2D eigenvalue weighted by molar-refractivity contribution is 0.173. The van der Waals surface area contributed by atoms with Crippen LogP contribution in [0, 0.1) is 5.92 Å². The van der Waals surface area contributed by atoms with E-state index in [1.54, 1.807) is 7.11 Å². The number of nitrogens with one attached hydrogen (secondary N) is 2. The second-order valence-corrected chi connectivity index (χ2v) is 5.83. The summed E-state index contributed by atoms with van der Waals surface area (Å²) in [5, 5.41) is 5.73. The fraction of sp³-hybridized carbons (Fsp3) is 0.588. The first-order chi connectivity index (χ1) is 10.8. The molecule has 22 heavy (non-hydrogen) atoms. The molecule has 0 aliphatic carbocycles. The molecule has 122 valence electrons. The number of carbonyl (C=O) groups is 1. The maximum atomic E-state index is 11.6. The minimum atomic E-state index is -0.0937. The summed E-state index contributed by atoms with van der Waals surface area (Å²) in [5.41, 5.74) is 1.37. The molecule has 0 unspecified atom stereocenters. The Morgan fingerprint density at radius 1 is 1.23 bits per heavy atom. The molecule has 0 radical (unpaired) electrons. The van der Waals surface area contributed by atoms with Gasteiger partial charge < -0.3 is 15.4 Å². The third-order valence-corrected chi connectivity index (χ3v) is 4.10. The molecule has 1 aliphatic rings. The monoisotopic (exact) mass is 305 g/mol. The number of likely N-dealkylation sites (tertiary alicyclic amines) is 1. The van der Waals surface area contributed by atoms with Gasteiger partial charge in [0, 0.05) is 26.7 Å². The summed E-state index contributed by atoms with van der Waals surface area (Å²) in [5.74, 6) is 0.584. The molecule has 0 spiro atoms. The first kappa shape index (κ1) is 16.8. The average molecular weight is 305 g/mol. The van der Waals surface area contributed by atoms with Crippen LogP contribution in [0.2, 0.25) is 0 Å². The number of benzene rings is 1. The molecule has 0 atom stereocenters. The van der Waals surface area contributed by atoms with E-state index in [0.29, 0.717) is 19.1 Å². The smallest absolute Gasteiger partial charge is 0.314 e. The van der Waals surface area contributed by atoms with E-state index in [4.69, 9.17) is 4.74 Å². The van der Waals surface area contributed by atoms with Crippen molar-refractivity contribution in [3.8, 4) is 0 Å². The van der Waals surface area contributed by atoms with Crippen LogP contribution in [0.15, 0.2) is 30.3 Å². The van der Waals surface area contributed by atoms with Crippen LogP contribution in [0.4, 0.5) is 4.79 Å². The summed E-state index contributed by atoms with van der Waals surface area (Å²) >= 11 is 0. The minimum absolute atomic E-state index is 0.0937. The summed E-state index contributed by atoms with van der Waals surface area (Å²) in [4.78, 5) is 14.1. The van der Waals surface area contributed by atoms with Gasteiger partial charge in [0.05, 0.1) is 6.61 Å². The summed E-state index contributed by atoms with van der Waals surface area (Å²) in [6.45, 7) is 5.10. The fourth-order valence-electron chi connectivity index (χ4n) is 2.76. The van der Waals surface area contributed by atoms with Gasteiger partial charge in [0.1, 0.15) is 0 Å². The second-order valence-electron chi connectivity index (χ2n) is 5.83. The fourth-order valence-corrected chi connectivity index (χ4v) is 2.76. The van der Waals surface area contributed by atoms with Crippen molar-refractivity contribution in [3.05, 3.63) is 35.9 Å². The summed E-state index contributed by atoms with van der Waals surface area (Å²) in [6.07, 6.45) is 2.29. The van der Waals surface area contributed by atoms with Gasteiger partial charge in [0.2, 0.25) is 0 Å². The lowest BCUT2D eigenvalue weighted by Gasteiger charge is -2.32. The van der Waals surface area contributed by atoms with Crippen molar-refractivity contribution in [1.82, 2.24) is 15.5 Å². The zero-order valence-electron chi connectivity index (χ0n) is 13.4. The van der Waals surface area contributed by atoms with Crippen molar-refractivity contribution in [1.29, 1.82) is 0 Å². The van der Waals surface area contributed by atoms with Gasteiger partial charge in [0.15, 0.2) is 0 Å². The summed E-state index contributed by atoms with van der Waals surface area (Å²) in [6, 6.07) is 10.5. The molecule has 5 nitrogen and oxygen atoms in total. The molecule has 1 aromatic rings. The van der Waals surface area contributed by atoms with Crippen LogP contribution in [0.25, 0.3) is 0 Å². The Balaban J connectivity index is 1.60. The summed E-state index contributed by atoms with van der Waals surface area (Å²) < 4.78 is 4.90. The van der Waals surface area contributed by atoms with Crippen LogP contribution in [0.1, 0.15) is 18.4 Å². The van der Waals surface area contributed by atoms with Gasteiger partial charge in [0.25, 0.3) is 0 Å². The van der Waals surface area contributed by atoms with Gasteiger partial charge >= 0.3 is 6.03 Å². The molecule has 2 rings (SSSR count). The van der Waals surface area contributed by atoms with Crippen molar-refractivity contribution >= 4 is 6.03 Å². The quantitative estimate of drug-likeness (QED) is 0.756. The van der Waals surface area contributed by atoms with Crippen LogP contribution in [-0.4, -0.2) is 50.8 Å². The van der Waals surface area contributed by atoms with Crippen molar-refractivity contribution in [2.75, 3.05) is 39.9 Å². The first-order valence-electron chi connectivity index (χ1n) is 8.05. The zero-order chi connectivity index (χ0) is 15.6. The Morgan fingerprint density at radius 3 is 2.64 bits per heavy atom. The second kappa shape index (κ2) is 9.43. The standard InChI is InChI=1S/C17H27N3O2/c1-22-12-9-18-17(21)19-13-15-7-10-20(11-8-15)14-16-5-3-2-4-6-16/h2-6,15H,7-14H2,1H3,(H2,18,19,21). The summed E-state index contributed by atoms with van der Waals surface area (Å²) in [7, 11) is 1.63. The Hall–Kier alpha value is -1.59. The number of amides is 2. The largest absolute Gasteiger partial charge is 0.383 e. The molecular formula is C17H27N3O2. The van der Waals surface area contributed by atoms with Gasteiger partial charge in [-0.05, 0) is 37.4 Å². The highest BCUT2D eigenvalue weighted by Gasteiger charge is 2.19. The van der Waals surface area contributed by atoms with E-state index in [1.165, 1.54) is 5.56 Å². The molecule has 0 bridgehead atoms. The van der Waals surface area contributed by atoms with Crippen molar-refractivity contribution in [2.45, 2.75) is 19.4 Å².